The normalized spacial score (nSPS) is 15.6. The summed E-state index contributed by atoms with van der Waals surface area (Å²) in [6.45, 7) is 10.5. The van der Waals surface area contributed by atoms with E-state index in [1.165, 1.54) is 0 Å². The number of carbonyl (C=O) groups is 3. The van der Waals surface area contributed by atoms with Gasteiger partial charge >= 0.3 is 6.16 Å². The van der Waals surface area contributed by atoms with Crippen LogP contribution in [0.5, 0.6) is 0 Å². The van der Waals surface area contributed by atoms with Gasteiger partial charge in [-0.3, -0.25) is 14.4 Å². The predicted molar refractivity (Wildman–Crippen MR) is 76.3 cm³/mol. The van der Waals surface area contributed by atoms with E-state index in [9.17, 15) is 14.4 Å². The van der Waals surface area contributed by atoms with Crippen molar-refractivity contribution in [2.24, 2.45) is 10.5 Å². The lowest BCUT2D eigenvalue weighted by Crippen LogP contribution is -2.39. The van der Waals surface area contributed by atoms with Gasteiger partial charge in [0.2, 0.25) is 0 Å². The maximum absolute atomic E-state index is 11.8. The molecular weight excluding hydrogens is 306 g/mol. The molecule has 0 spiro atoms. The minimum Gasteiger partial charge on any atom is -0.421 e. The zero-order chi connectivity index (χ0) is 17.5. The Bertz CT molecular complexity index is 560. The monoisotopic (exact) mass is 323 g/mol. The smallest absolute Gasteiger partial charge is 0.421 e. The molecule has 1 saturated heterocycles. The average molecular weight is 323 g/mol. The van der Waals surface area contributed by atoms with Crippen molar-refractivity contribution in [2.45, 2.75) is 39.2 Å². The maximum Gasteiger partial charge on any atom is 0.534 e. The zero-order valence-corrected chi connectivity index (χ0v) is 12.9. The highest BCUT2D eigenvalue weighted by Crippen LogP contribution is 2.29. The Morgan fingerprint density at radius 3 is 2.57 bits per heavy atom. The van der Waals surface area contributed by atoms with E-state index in [1.807, 2.05) is 0 Å². The first-order valence-electron chi connectivity index (χ1n) is 6.90. The van der Waals surface area contributed by atoms with E-state index >= 15 is 0 Å². The summed E-state index contributed by atoms with van der Waals surface area (Å²) in [5.41, 5.74) is 7.64. The van der Waals surface area contributed by atoms with Crippen molar-refractivity contribution in [2.75, 3.05) is 13.1 Å². The lowest BCUT2D eigenvalue weighted by Gasteiger charge is -2.30. The highest BCUT2D eigenvalue weighted by Gasteiger charge is 2.38. The highest BCUT2D eigenvalue weighted by molar-refractivity contribution is 6.01. The van der Waals surface area contributed by atoms with Gasteiger partial charge in [-0.15, -0.1) is 0 Å². The first-order valence-corrected chi connectivity index (χ1v) is 6.90. The van der Waals surface area contributed by atoms with Crippen molar-refractivity contribution in [3.05, 3.63) is 21.9 Å². The fourth-order valence-electron chi connectivity index (χ4n) is 1.94. The van der Waals surface area contributed by atoms with Crippen LogP contribution in [0.1, 0.15) is 33.1 Å². The van der Waals surface area contributed by atoms with Crippen LogP contribution in [0.2, 0.25) is 0 Å². The fraction of sp³-hybridized carbons (Fsp3) is 0.692. The molecule has 0 aliphatic carbocycles. The molecule has 10 heteroatoms. The molecule has 0 aromatic rings. The number of amides is 2. The summed E-state index contributed by atoms with van der Waals surface area (Å²) in [6.07, 6.45) is -1.72. The van der Waals surface area contributed by atoms with Gasteiger partial charge in [0.1, 0.15) is 0 Å². The van der Waals surface area contributed by atoms with E-state index in [0.29, 0.717) is 11.5 Å². The second kappa shape index (κ2) is 8.00. The third-order valence-electron chi connectivity index (χ3n) is 3.46. The molecule has 0 aromatic heterocycles. The molecule has 1 atom stereocenters. The number of nitrogens with zero attached hydrogens (tertiary/aromatic N) is 5. The Kier molecular flexibility index (Phi) is 6.35. The molecule has 0 saturated carbocycles. The molecule has 1 heterocycles. The SMILES string of the molecule is [C-]#[N+]CC(OC(=O)ON1C(=O)CCC1=O)C(C)(C)CCN=[N+]=[N-]. The van der Waals surface area contributed by atoms with Gasteiger partial charge in [0.25, 0.3) is 18.4 Å². The van der Waals surface area contributed by atoms with Crippen LogP contribution in [0.3, 0.4) is 0 Å². The molecule has 0 bridgehead atoms. The van der Waals surface area contributed by atoms with E-state index < -0.39 is 29.5 Å². The number of rotatable bonds is 7. The summed E-state index contributed by atoms with van der Waals surface area (Å²) >= 11 is 0. The van der Waals surface area contributed by atoms with E-state index in [4.69, 9.17) is 16.8 Å². The lowest BCUT2D eigenvalue weighted by molar-refractivity contribution is -0.179. The Morgan fingerprint density at radius 2 is 2.04 bits per heavy atom. The van der Waals surface area contributed by atoms with E-state index in [2.05, 4.69) is 19.7 Å². The molecule has 0 N–H and O–H groups in total. The summed E-state index contributed by atoms with van der Waals surface area (Å²) < 4.78 is 5.09. The molecule has 124 valence electrons. The number of carbonyl (C=O) groups excluding carboxylic acids is 3. The molecule has 1 rings (SSSR count). The number of ether oxygens (including phenoxy) is 1. The number of imide groups is 1. The van der Waals surface area contributed by atoms with Crippen LogP contribution in [-0.2, 0) is 19.2 Å². The van der Waals surface area contributed by atoms with Gasteiger partial charge in [-0.2, -0.15) is 0 Å². The molecule has 0 radical (unpaired) electrons. The van der Waals surface area contributed by atoms with Crippen LogP contribution in [-0.4, -0.2) is 42.2 Å². The topological polar surface area (TPSA) is 126 Å². The van der Waals surface area contributed by atoms with Crippen LogP contribution in [0.25, 0.3) is 15.3 Å². The Hall–Kier alpha value is -2.79. The zero-order valence-electron chi connectivity index (χ0n) is 12.9. The van der Waals surface area contributed by atoms with Gasteiger partial charge in [0.05, 0.1) is 0 Å². The quantitative estimate of drug-likeness (QED) is 0.177. The van der Waals surface area contributed by atoms with Crippen molar-refractivity contribution in [3.8, 4) is 0 Å². The highest BCUT2D eigenvalue weighted by atomic mass is 16.8. The van der Waals surface area contributed by atoms with Crippen LogP contribution < -0.4 is 0 Å². The lowest BCUT2D eigenvalue weighted by atomic mass is 9.83. The maximum atomic E-state index is 11.8. The number of hydroxylamine groups is 2. The van der Waals surface area contributed by atoms with Crippen molar-refractivity contribution in [1.82, 2.24) is 5.06 Å². The summed E-state index contributed by atoms with van der Waals surface area (Å²) in [4.78, 5) is 45.0. The average Bonchev–Trinajstić information content (AvgIpc) is 2.79. The Balaban J connectivity index is 2.69. The second-order valence-corrected chi connectivity index (χ2v) is 5.56. The van der Waals surface area contributed by atoms with E-state index in [1.54, 1.807) is 13.8 Å². The van der Waals surface area contributed by atoms with Gasteiger partial charge < -0.3 is 9.58 Å². The largest absolute Gasteiger partial charge is 0.534 e. The molecule has 1 fully saturated rings. The minimum atomic E-state index is -1.22. The Labute approximate surface area is 132 Å². The molecule has 23 heavy (non-hydrogen) atoms. The first-order chi connectivity index (χ1) is 10.8. The first kappa shape index (κ1) is 18.3. The van der Waals surface area contributed by atoms with E-state index in [-0.39, 0.29) is 25.9 Å². The van der Waals surface area contributed by atoms with Crippen molar-refractivity contribution < 1.29 is 24.0 Å². The molecule has 1 unspecified atom stereocenters. The third-order valence-corrected chi connectivity index (χ3v) is 3.46. The summed E-state index contributed by atoms with van der Waals surface area (Å²) in [5.74, 6) is -1.23. The van der Waals surface area contributed by atoms with E-state index in [0.717, 1.165) is 0 Å². The van der Waals surface area contributed by atoms with Gasteiger partial charge in [0.15, 0.2) is 6.10 Å². The standard InChI is InChI=1S/C13H17N5O5/c1-13(2,6-7-16-17-14)9(8-15-3)22-12(21)23-18-10(19)4-5-11(18)20/h9H,4-8H2,1-2H3. The van der Waals surface area contributed by atoms with Crippen molar-refractivity contribution in [1.29, 1.82) is 0 Å². The minimum absolute atomic E-state index is 0.0186. The van der Waals surface area contributed by atoms with Crippen molar-refractivity contribution in [3.63, 3.8) is 0 Å². The van der Waals surface area contributed by atoms with Gasteiger partial charge in [-0.05, 0) is 12.0 Å². The number of azide groups is 1. The van der Waals surface area contributed by atoms with Crippen molar-refractivity contribution >= 4 is 18.0 Å². The predicted octanol–water partition coefficient (Wildman–Crippen LogP) is 2.22. The molecule has 0 aromatic carbocycles. The summed E-state index contributed by atoms with van der Waals surface area (Å²) in [7, 11) is 0. The number of hydrogen-bond acceptors (Lipinski definition) is 6. The Morgan fingerprint density at radius 1 is 1.43 bits per heavy atom. The summed E-state index contributed by atoms with van der Waals surface area (Å²) in [5, 5.41) is 3.79. The third kappa shape index (κ3) is 5.16. The molecule has 2 amide bonds. The molecule has 10 nitrogen and oxygen atoms in total. The summed E-state index contributed by atoms with van der Waals surface area (Å²) in [6, 6.07) is 0. The molecule has 1 aliphatic heterocycles. The van der Waals surface area contributed by atoms with Gasteiger partial charge in [-0.25, -0.2) is 11.4 Å². The fourth-order valence-corrected chi connectivity index (χ4v) is 1.94. The van der Waals surface area contributed by atoms with Crippen LogP contribution in [0, 0.1) is 12.0 Å². The van der Waals surface area contributed by atoms with Crippen LogP contribution >= 0.6 is 0 Å². The van der Waals surface area contributed by atoms with Gasteiger partial charge in [-0.1, -0.05) is 24.0 Å². The number of hydrogen-bond donors (Lipinski definition) is 0. The van der Waals surface area contributed by atoms with Crippen LogP contribution in [0.4, 0.5) is 4.79 Å². The van der Waals surface area contributed by atoms with Gasteiger partial charge in [0, 0.05) is 29.7 Å². The van der Waals surface area contributed by atoms with Crippen LogP contribution in [0.15, 0.2) is 5.11 Å². The second-order valence-electron chi connectivity index (χ2n) is 5.56. The molecule has 1 aliphatic rings. The molecular formula is C13H17N5O5.